The van der Waals surface area contributed by atoms with Gasteiger partial charge in [-0.05, 0) is 77.6 Å². The molecule has 0 unspecified atom stereocenters. The van der Waals surface area contributed by atoms with E-state index in [4.69, 9.17) is 0 Å². The van der Waals surface area contributed by atoms with E-state index in [1.807, 2.05) is 42.5 Å². The van der Waals surface area contributed by atoms with Crippen LogP contribution in [0.15, 0.2) is 54.6 Å². The highest BCUT2D eigenvalue weighted by atomic mass is 32.1. The highest BCUT2D eigenvalue weighted by Gasteiger charge is 2.43. The van der Waals surface area contributed by atoms with Crippen LogP contribution in [0.2, 0.25) is 0 Å². The Hall–Kier alpha value is -5.18. The smallest absolute Gasteiger partial charge is 0.410 e. The summed E-state index contributed by atoms with van der Waals surface area (Å²) in [6.45, 7) is 11.9. The number of aryl methyl sites for hydroxylation is 2. The van der Waals surface area contributed by atoms with Crippen molar-refractivity contribution in [2.24, 2.45) is 0 Å². The Morgan fingerprint density at radius 3 is 1.86 bits per heavy atom. The summed E-state index contributed by atoms with van der Waals surface area (Å²) in [5.74, 6) is -0.850. The van der Waals surface area contributed by atoms with Crippen LogP contribution in [0.4, 0.5) is 20.4 Å². The summed E-state index contributed by atoms with van der Waals surface area (Å²) in [7, 11) is 0. The first-order valence-electron chi connectivity index (χ1n) is 16.1. The predicted molar refractivity (Wildman–Crippen MR) is 192 cm³/mol. The van der Waals surface area contributed by atoms with E-state index in [1.54, 1.807) is 53.7 Å². The number of thiazole rings is 1. The van der Waals surface area contributed by atoms with Gasteiger partial charge in [0.2, 0.25) is 11.8 Å². The molecule has 270 valence electrons. The second-order valence-corrected chi connectivity index (χ2v) is 14.6. The highest BCUT2D eigenvalue weighted by molar-refractivity contribution is 7.17. The molecule has 0 aliphatic rings. The largest absolute Gasteiger partial charge is 0.465 e. The van der Waals surface area contributed by atoms with Gasteiger partial charge in [-0.1, -0.05) is 53.8 Å². The van der Waals surface area contributed by atoms with Crippen molar-refractivity contribution >= 4 is 52.1 Å². The number of hydrogen-bond donors (Lipinski definition) is 6. The van der Waals surface area contributed by atoms with E-state index in [2.05, 4.69) is 26.3 Å². The fourth-order valence-electron chi connectivity index (χ4n) is 5.15. The first kappa shape index (κ1) is 39.3. The molecule has 0 atom stereocenters. The van der Waals surface area contributed by atoms with Crippen LogP contribution in [0, 0.1) is 0 Å². The number of amides is 5. The fraction of sp³-hybridized carbons (Fsp3) is 0.429. The van der Waals surface area contributed by atoms with Crippen molar-refractivity contribution in [3.05, 3.63) is 76.3 Å². The molecular formula is C35H47N7O7S. The molecule has 0 aliphatic carbocycles. The van der Waals surface area contributed by atoms with Crippen molar-refractivity contribution in [2.45, 2.75) is 85.1 Å². The van der Waals surface area contributed by atoms with Gasteiger partial charge in [0.15, 0.2) is 11.4 Å². The van der Waals surface area contributed by atoms with Crippen LogP contribution in [-0.4, -0.2) is 85.4 Å². The van der Waals surface area contributed by atoms with Gasteiger partial charge in [0.05, 0.1) is 12.1 Å². The molecule has 5 amide bonds. The number of nitrogens with one attached hydrogen (secondary N) is 4. The Bertz CT molecular complexity index is 1620. The lowest BCUT2D eigenvalue weighted by molar-refractivity contribution is -0.120. The van der Waals surface area contributed by atoms with Crippen molar-refractivity contribution in [3.8, 4) is 0 Å². The number of carboxylic acid groups (broad SMARTS) is 2. The van der Waals surface area contributed by atoms with E-state index in [0.717, 1.165) is 32.3 Å². The number of benzene rings is 2. The first-order valence-corrected chi connectivity index (χ1v) is 16.9. The molecule has 0 bridgehead atoms. The van der Waals surface area contributed by atoms with E-state index >= 15 is 0 Å². The normalized spacial score (nSPS) is 11.4. The second kappa shape index (κ2) is 17.0. The molecule has 3 aromatic rings. The molecule has 15 heteroatoms. The maximum absolute atomic E-state index is 13.1. The van der Waals surface area contributed by atoms with Crippen LogP contribution in [0.5, 0.6) is 0 Å². The molecule has 1 aromatic heterocycles. The van der Waals surface area contributed by atoms with Gasteiger partial charge in [-0.25, -0.2) is 14.6 Å². The van der Waals surface area contributed by atoms with Crippen LogP contribution in [0.3, 0.4) is 0 Å². The van der Waals surface area contributed by atoms with Crippen LogP contribution in [0.25, 0.3) is 0 Å². The zero-order valence-corrected chi connectivity index (χ0v) is 30.3. The summed E-state index contributed by atoms with van der Waals surface area (Å²) in [6, 6.07) is 16.4. The van der Waals surface area contributed by atoms with Crippen LogP contribution < -0.4 is 21.3 Å². The fourth-order valence-corrected chi connectivity index (χ4v) is 6.12. The molecule has 0 saturated heterocycles. The SMILES string of the molecule is CC(=O)Nc1nc(CCc2ccc(NC(N(C(=O)O)C(C)(C)C)N(C(=O)O)C(C)(C)C)cc2)c(C(=O)NCCNC(=O)Cc2ccccc2)s1. The van der Waals surface area contributed by atoms with Gasteiger partial charge in [-0.3, -0.25) is 24.2 Å². The number of rotatable bonds is 14. The quantitative estimate of drug-likeness (QED) is 0.0961. The molecule has 6 N–H and O–H groups in total. The minimum absolute atomic E-state index is 0.157. The van der Waals surface area contributed by atoms with Gasteiger partial charge in [0.1, 0.15) is 4.88 Å². The van der Waals surface area contributed by atoms with Crippen LogP contribution in [-0.2, 0) is 28.9 Å². The zero-order chi connectivity index (χ0) is 37.2. The van der Waals surface area contributed by atoms with Gasteiger partial charge in [-0.2, -0.15) is 0 Å². The zero-order valence-electron chi connectivity index (χ0n) is 29.5. The standard InChI is InChI=1S/C35H47N7O7S/c1-22(43)38-30-40-26(28(50-30)29(45)37-20-19-36-27(44)21-24-11-9-8-10-12-24)18-15-23-13-16-25(17-14-23)39-31(41(32(46)47)34(2,3)4)42(33(48)49)35(5,6)7/h8-14,16-17,31,39H,15,18-21H2,1-7H3,(H,36,44)(H,37,45)(H,46,47)(H,48,49)(H,38,40,43). The molecule has 0 radical (unpaired) electrons. The Kier molecular flexibility index (Phi) is 13.3. The summed E-state index contributed by atoms with van der Waals surface area (Å²) in [6.07, 6.45) is -2.71. The summed E-state index contributed by atoms with van der Waals surface area (Å²) < 4.78 is 0. The van der Waals surface area contributed by atoms with E-state index in [9.17, 15) is 34.2 Å². The molecule has 0 aliphatic heterocycles. The molecule has 1 heterocycles. The molecular weight excluding hydrogens is 662 g/mol. The van der Waals surface area contributed by atoms with Crippen LogP contribution in [0.1, 0.15) is 75.0 Å². The Morgan fingerprint density at radius 1 is 0.780 bits per heavy atom. The maximum atomic E-state index is 13.1. The molecule has 0 spiro atoms. The Labute approximate surface area is 296 Å². The number of anilines is 2. The highest BCUT2D eigenvalue weighted by Crippen LogP contribution is 2.28. The van der Waals surface area contributed by atoms with Gasteiger partial charge in [0, 0.05) is 36.8 Å². The van der Waals surface area contributed by atoms with Gasteiger partial charge >= 0.3 is 12.2 Å². The number of nitrogens with zero attached hydrogens (tertiary/aromatic N) is 3. The molecule has 50 heavy (non-hydrogen) atoms. The maximum Gasteiger partial charge on any atom is 0.410 e. The molecule has 3 rings (SSSR count). The topological polar surface area (TPSA) is 193 Å². The minimum Gasteiger partial charge on any atom is -0.465 e. The monoisotopic (exact) mass is 709 g/mol. The van der Waals surface area contributed by atoms with Crippen molar-refractivity contribution in [2.75, 3.05) is 23.7 Å². The van der Waals surface area contributed by atoms with Gasteiger partial charge in [-0.15, -0.1) is 0 Å². The Morgan fingerprint density at radius 2 is 1.34 bits per heavy atom. The number of carbonyl (C=O) groups excluding carboxylic acids is 3. The van der Waals surface area contributed by atoms with Crippen molar-refractivity contribution in [3.63, 3.8) is 0 Å². The molecule has 0 saturated carbocycles. The van der Waals surface area contributed by atoms with Crippen LogP contribution >= 0.6 is 11.3 Å². The number of hydrogen-bond acceptors (Lipinski definition) is 8. The third kappa shape index (κ3) is 11.5. The van der Waals surface area contributed by atoms with E-state index < -0.39 is 29.6 Å². The summed E-state index contributed by atoms with van der Waals surface area (Å²) in [4.78, 5) is 68.9. The van der Waals surface area contributed by atoms with E-state index in [1.165, 1.54) is 6.92 Å². The predicted octanol–water partition coefficient (Wildman–Crippen LogP) is 5.23. The first-order chi connectivity index (χ1) is 23.4. The van der Waals surface area contributed by atoms with Crippen molar-refractivity contribution in [1.82, 2.24) is 25.4 Å². The van der Waals surface area contributed by atoms with Gasteiger partial charge in [0.25, 0.3) is 5.91 Å². The molecule has 2 aromatic carbocycles. The second-order valence-electron chi connectivity index (χ2n) is 13.6. The van der Waals surface area contributed by atoms with Crippen molar-refractivity contribution in [1.29, 1.82) is 0 Å². The number of carbonyl (C=O) groups is 5. The minimum atomic E-state index is -1.28. The summed E-state index contributed by atoms with van der Waals surface area (Å²) in [5, 5.41) is 31.9. The lowest BCUT2D eigenvalue weighted by atomic mass is 10.0. The van der Waals surface area contributed by atoms with Crippen molar-refractivity contribution < 1.29 is 34.2 Å². The average molecular weight is 710 g/mol. The summed E-state index contributed by atoms with van der Waals surface area (Å²) >= 11 is 1.06. The lowest BCUT2D eigenvalue weighted by Gasteiger charge is -2.48. The van der Waals surface area contributed by atoms with E-state index in [0.29, 0.717) is 34.2 Å². The van der Waals surface area contributed by atoms with E-state index in [-0.39, 0.29) is 37.2 Å². The summed E-state index contributed by atoms with van der Waals surface area (Å²) in [5.41, 5.74) is 0.891. The Balaban J connectivity index is 1.71. The third-order valence-electron chi connectivity index (χ3n) is 7.37. The molecule has 0 fully saturated rings. The third-order valence-corrected chi connectivity index (χ3v) is 8.39. The average Bonchev–Trinajstić information content (AvgIpc) is 3.39. The molecule has 14 nitrogen and oxygen atoms in total. The lowest BCUT2D eigenvalue weighted by Crippen LogP contribution is -2.66. The van der Waals surface area contributed by atoms with Gasteiger partial charge < -0.3 is 31.5 Å². The number of aromatic nitrogens is 1.